The molecule has 0 unspecified atom stereocenters. The highest BCUT2D eigenvalue weighted by atomic mass is 19.1. The predicted octanol–water partition coefficient (Wildman–Crippen LogP) is 2.88. The topological polar surface area (TPSA) is 71.3 Å². The maximum Gasteiger partial charge on any atom is 0.318 e. The molecule has 1 fully saturated rings. The first-order valence-electron chi connectivity index (χ1n) is 7.43. The molecule has 6 nitrogen and oxygen atoms in total. The van der Waals surface area contributed by atoms with Gasteiger partial charge in [0.25, 0.3) is 0 Å². The average Bonchev–Trinajstić information content (AvgIpc) is 3.16. The highest BCUT2D eigenvalue weighted by molar-refractivity contribution is 5.74. The Hall–Kier alpha value is -2.51. The molecule has 1 atom stereocenters. The summed E-state index contributed by atoms with van der Waals surface area (Å²) >= 11 is 0. The number of carbonyl (C=O) groups excluding carboxylic acids is 1. The standard InChI is InChI=1S/C15H16F2N4O2/c1-2-18-15(22)21-7-3-4-12(21)14-19-13(20-23-14)10-6-5-9(16)8-11(10)17/h5-6,8,12H,2-4,7H2,1H3,(H,18,22)/t12-/m1/s1. The van der Waals surface area contributed by atoms with Gasteiger partial charge in [-0.2, -0.15) is 4.98 Å². The summed E-state index contributed by atoms with van der Waals surface area (Å²) in [6, 6.07) is 2.64. The molecule has 2 amide bonds. The number of carbonyl (C=O) groups is 1. The van der Waals surface area contributed by atoms with Crippen LogP contribution < -0.4 is 5.32 Å². The minimum absolute atomic E-state index is 0.0419. The molecule has 0 aliphatic carbocycles. The van der Waals surface area contributed by atoms with Crippen LogP contribution in [0.25, 0.3) is 11.4 Å². The summed E-state index contributed by atoms with van der Waals surface area (Å²) in [7, 11) is 0. The Labute approximate surface area is 131 Å². The molecule has 1 aromatic heterocycles. The number of aromatic nitrogens is 2. The van der Waals surface area contributed by atoms with E-state index in [0.29, 0.717) is 19.5 Å². The van der Waals surface area contributed by atoms with E-state index in [-0.39, 0.29) is 29.4 Å². The Kier molecular flexibility index (Phi) is 4.22. The summed E-state index contributed by atoms with van der Waals surface area (Å²) in [5.41, 5.74) is 0.0592. The molecular weight excluding hydrogens is 306 g/mol. The summed E-state index contributed by atoms with van der Waals surface area (Å²) < 4.78 is 32.0. The van der Waals surface area contributed by atoms with Crippen LogP contribution in [0.5, 0.6) is 0 Å². The van der Waals surface area contributed by atoms with E-state index >= 15 is 0 Å². The molecule has 1 N–H and O–H groups in total. The van der Waals surface area contributed by atoms with E-state index < -0.39 is 11.6 Å². The van der Waals surface area contributed by atoms with Crippen LogP contribution >= 0.6 is 0 Å². The molecule has 0 spiro atoms. The van der Waals surface area contributed by atoms with E-state index in [1.165, 1.54) is 6.07 Å². The van der Waals surface area contributed by atoms with Crippen LogP contribution in [-0.4, -0.2) is 34.2 Å². The van der Waals surface area contributed by atoms with Gasteiger partial charge in [0, 0.05) is 19.2 Å². The van der Waals surface area contributed by atoms with Crippen LogP contribution in [0.15, 0.2) is 22.7 Å². The second-order valence-corrected chi connectivity index (χ2v) is 5.27. The van der Waals surface area contributed by atoms with E-state index in [9.17, 15) is 13.6 Å². The fourth-order valence-electron chi connectivity index (χ4n) is 2.67. The fraction of sp³-hybridized carbons (Fsp3) is 0.400. The number of amides is 2. The van der Waals surface area contributed by atoms with Gasteiger partial charge in [-0.25, -0.2) is 13.6 Å². The smallest absolute Gasteiger partial charge is 0.318 e. The highest BCUT2D eigenvalue weighted by Crippen LogP contribution is 2.32. The molecule has 1 aliphatic heterocycles. The molecule has 0 radical (unpaired) electrons. The Bertz CT molecular complexity index is 719. The minimum Gasteiger partial charge on any atom is -0.338 e. The summed E-state index contributed by atoms with van der Waals surface area (Å²) in [4.78, 5) is 17.8. The number of hydrogen-bond donors (Lipinski definition) is 1. The van der Waals surface area contributed by atoms with Crippen molar-refractivity contribution in [3.8, 4) is 11.4 Å². The summed E-state index contributed by atoms with van der Waals surface area (Å²) in [6.45, 7) is 2.96. The van der Waals surface area contributed by atoms with Gasteiger partial charge in [0.15, 0.2) is 0 Å². The largest absolute Gasteiger partial charge is 0.338 e. The zero-order chi connectivity index (χ0) is 16.4. The quantitative estimate of drug-likeness (QED) is 0.943. The molecule has 122 valence electrons. The van der Waals surface area contributed by atoms with Gasteiger partial charge >= 0.3 is 6.03 Å². The monoisotopic (exact) mass is 322 g/mol. The molecule has 2 aromatic rings. The second kappa shape index (κ2) is 6.31. The van der Waals surface area contributed by atoms with Crippen LogP contribution in [0, 0.1) is 11.6 Å². The van der Waals surface area contributed by atoms with Crippen molar-refractivity contribution in [2.75, 3.05) is 13.1 Å². The molecule has 2 heterocycles. The molecule has 1 aliphatic rings. The number of benzene rings is 1. The van der Waals surface area contributed by atoms with Crippen molar-refractivity contribution in [3.05, 3.63) is 35.7 Å². The Balaban J connectivity index is 1.85. The van der Waals surface area contributed by atoms with Crippen molar-refractivity contribution in [1.82, 2.24) is 20.4 Å². The lowest BCUT2D eigenvalue weighted by atomic mass is 10.2. The molecule has 0 bridgehead atoms. The second-order valence-electron chi connectivity index (χ2n) is 5.27. The predicted molar refractivity (Wildman–Crippen MR) is 77.4 cm³/mol. The number of urea groups is 1. The van der Waals surface area contributed by atoms with E-state index in [1.807, 2.05) is 6.92 Å². The number of hydrogen-bond acceptors (Lipinski definition) is 4. The first kappa shape index (κ1) is 15.4. The van der Waals surface area contributed by atoms with Gasteiger partial charge in [-0.05, 0) is 31.9 Å². The van der Waals surface area contributed by atoms with Gasteiger partial charge in [0.05, 0.1) is 5.56 Å². The van der Waals surface area contributed by atoms with Gasteiger partial charge < -0.3 is 14.7 Å². The van der Waals surface area contributed by atoms with E-state index in [0.717, 1.165) is 18.6 Å². The highest BCUT2D eigenvalue weighted by Gasteiger charge is 2.34. The van der Waals surface area contributed by atoms with Crippen LogP contribution in [-0.2, 0) is 0 Å². The van der Waals surface area contributed by atoms with Crippen molar-refractivity contribution in [2.24, 2.45) is 0 Å². The summed E-state index contributed by atoms with van der Waals surface area (Å²) in [6.07, 6.45) is 1.52. The Morgan fingerprint density at radius 1 is 1.48 bits per heavy atom. The van der Waals surface area contributed by atoms with Crippen molar-refractivity contribution < 1.29 is 18.1 Å². The Morgan fingerprint density at radius 2 is 2.30 bits per heavy atom. The zero-order valence-corrected chi connectivity index (χ0v) is 12.6. The first-order valence-corrected chi connectivity index (χ1v) is 7.43. The number of nitrogens with one attached hydrogen (secondary N) is 1. The molecule has 8 heteroatoms. The lowest BCUT2D eigenvalue weighted by Crippen LogP contribution is -2.39. The van der Waals surface area contributed by atoms with Gasteiger partial charge in [-0.15, -0.1) is 0 Å². The number of likely N-dealkylation sites (tertiary alicyclic amines) is 1. The normalized spacial score (nSPS) is 17.5. The average molecular weight is 322 g/mol. The lowest BCUT2D eigenvalue weighted by Gasteiger charge is -2.21. The van der Waals surface area contributed by atoms with Crippen molar-refractivity contribution >= 4 is 6.03 Å². The fourth-order valence-corrected chi connectivity index (χ4v) is 2.67. The lowest BCUT2D eigenvalue weighted by molar-refractivity contribution is 0.181. The molecule has 3 rings (SSSR count). The van der Waals surface area contributed by atoms with E-state index in [2.05, 4.69) is 15.5 Å². The summed E-state index contributed by atoms with van der Waals surface area (Å²) in [5.74, 6) is -1.13. The Morgan fingerprint density at radius 3 is 3.04 bits per heavy atom. The van der Waals surface area contributed by atoms with Gasteiger partial charge in [0.1, 0.15) is 17.7 Å². The third-order valence-corrected chi connectivity index (χ3v) is 3.74. The van der Waals surface area contributed by atoms with Gasteiger partial charge in [0.2, 0.25) is 11.7 Å². The molecule has 1 saturated heterocycles. The number of rotatable bonds is 3. The zero-order valence-electron chi connectivity index (χ0n) is 12.6. The van der Waals surface area contributed by atoms with Crippen molar-refractivity contribution in [3.63, 3.8) is 0 Å². The number of nitrogens with zero attached hydrogens (tertiary/aromatic N) is 3. The maximum absolute atomic E-state index is 13.8. The SMILES string of the molecule is CCNC(=O)N1CCC[C@@H]1c1nc(-c2ccc(F)cc2F)no1. The van der Waals surface area contributed by atoms with Crippen LogP contribution in [0.4, 0.5) is 13.6 Å². The van der Waals surface area contributed by atoms with E-state index in [1.54, 1.807) is 4.90 Å². The molecule has 1 aromatic carbocycles. The van der Waals surface area contributed by atoms with Crippen LogP contribution in [0.1, 0.15) is 31.7 Å². The number of halogens is 2. The van der Waals surface area contributed by atoms with Crippen molar-refractivity contribution in [1.29, 1.82) is 0 Å². The maximum atomic E-state index is 13.8. The van der Waals surface area contributed by atoms with Crippen molar-refractivity contribution in [2.45, 2.75) is 25.8 Å². The third-order valence-electron chi connectivity index (χ3n) is 3.74. The van der Waals surface area contributed by atoms with Crippen LogP contribution in [0.2, 0.25) is 0 Å². The van der Waals surface area contributed by atoms with Gasteiger partial charge in [-0.1, -0.05) is 5.16 Å². The van der Waals surface area contributed by atoms with Crippen LogP contribution in [0.3, 0.4) is 0 Å². The minimum atomic E-state index is -0.760. The third kappa shape index (κ3) is 3.01. The molecule has 0 saturated carbocycles. The molecular formula is C15H16F2N4O2. The first-order chi connectivity index (χ1) is 11.1. The summed E-state index contributed by atoms with van der Waals surface area (Å²) in [5, 5.41) is 6.49. The molecule has 23 heavy (non-hydrogen) atoms. The van der Waals surface area contributed by atoms with E-state index in [4.69, 9.17) is 4.52 Å². The van der Waals surface area contributed by atoms with Gasteiger partial charge in [-0.3, -0.25) is 0 Å².